The van der Waals surface area contributed by atoms with Gasteiger partial charge in [0.15, 0.2) is 0 Å². The third-order valence-electron chi connectivity index (χ3n) is 5.46. The van der Waals surface area contributed by atoms with Crippen LogP contribution in [0.4, 0.5) is 4.39 Å². The lowest BCUT2D eigenvalue weighted by Gasteiger charge is -2.23. The van der Waals surface area contributed by atoms with Crippen molar-refractivity contribution >= 4 is 12.0 Å². The highest BCUT2D eigenvalue weighted by Crippen LogP contribution is 2.37. The number of aromatic nitrogens is 1. The third kappa shape index (κ3) is 7.17. The molecule has 0 aliphatic rings. The van der Waals surface area contributed by atoms with Crippen LogP contribution in [0.25, 0.3) is 17.2 Å². The summed E-state index contributed by atoms with van der Waals surface area (Å²) in [5.41, 5.74) is 6.51. The van der Waals surface area contributed by atoms with Crippen LogP contribution < -0.4 is 5.48 Å². The molecule has 0 fully saturated rings. The highest BCUT2D eigenvalue weighted by molar-refractivity contribution is 5.80. The number of hydrogen-bond acceptors (Lipinski definition) is 6. The first-order valence-corrected chi connectivity index (χ1v) is 11.4. The van der Waals surface area contributed by atoms with Crippen LogP contribution in [0, 0.1) is 5.82 Å². The van der Waals surface area contributed by atoms with Crippen molar-refractivity contribution in [3.8, 4) is 11.1 Å². The second-order valence-electron chi connectivity index (χ2n) is 8.95. The van der Waals surface area contributed by atoms with Gasteiger partial charge < -0.3 is 14.9 Å². The maximum atomic E-state index is 13.7. The van der Waals surface area contributed by atoms with Crippen LogP contribution in [-0.4, -0.2) is 45.6 Å². The number of hydroxylamine groups is 1. The zero-order valence-corrected chi connectivity index (χ0v) is 20.4. The van der Waals surface area contributed by atoms with Gasteiger partial charge in [-0.3, -0.25) is 15.0 Å². The molecule has 1 aromatic heterocycles. The molecule has 1 unspecified atom stereocenters. The maximum absolute atomic E-state index is 13.7. The van der Waals surface area contributed by atoms with E-state index in [-0.39, 0.29) is 30.5 Å². The van der Waals surface area contributed by atoms with Gasteiger partial charge in [-0.1, -0.05) is 52.0 Å². The molecule has 0 aliphatic heterocycles. The van der Waals surface area contributed by atoms with Gasteiger partial charge in [0, 0.05) is 30.4 Å². The van der Waals surface area contributed by atoms with Crippen molar-refractivity contribution in [1.82, 2.24) is 10.5 Å². The molecule has 2 aromatic rings. The van der Waals surface area contributed by atoms with Crippen LogP contribution >= 0.6 is 0 Å². The van der Waals surface area contributed by atoms with Crippen molar-refractivity contribution < 1.29 is 29.3 Å². The molecule has 34 heavy (non-hydrogen) atoms. The summed E-state index contributed by atoms with van der Waals surface area (Å²) in [7, 11) is 1.61. The molecule has 4 N–H and O–H groups in total. The van der Waals surface area contributed by atoms with Crippen LogP contribution in [0.5, 0.6) is 0 Å². The van der Waals surface area contributed by atoms with Gasteiger partial charge in [0.25, 0.3) is 0 Å². The highest BCUT2D eigenvalue weighted by Gasteiger charge is 2.23. The van der Waals surface area contributed by atoms with Gasteiger partial charge in [-0.05, 0) is 35.1 Å². The maximum Gasteiger partial charge on any atom is 0.245 e. The Kier molecular flexibility index (Phi) is 10.3. The standard InChI is InChI=1S/C26H35FN2O5/c1-15(2)25-21(11-10-19(30)12-20(31)13-23(32)29-33)24(17-6-8-18(27)9-7-17)22(14-34-5)26(28-25)16(3)4/h6-11,15-16,19-20,30-31,33H,12-14H2,1-5H3,(H,29,32)/b11-10+/t19?,20-/m1/s1. The molecule has 2 rings (SSSR count). The molecule has 186 valence electrons. The Labute approximate surface area is 200 Å². The van der Waals surface area contributed by atoms with Crippen LogP contribution in [0.1, 0.15) is 74.9 Å². The third-order valence-corrected chi connectivity index (χ3v) is 5.46. The average molecular weight is 475 g/mol. The van der Waals surface area contributed by atoms with E-state index in [2.05, 4.69) is 13.8 Å². The fourth-order valence-electron chi connectivity index (χ4n) is 3.91. The summed E-state index contributed by atoms with van der Waals surface area (Å²) in [5.74, 6) is -0.892. The fourth-order valence-corrected chi connectivity index (χ4v) is 3.91. The lowest BCUT2D eigenvalue weighted by Crippen LogP contribution is -2.26. The first-order chi connectivity index (χ1) is 16.1. The Balaban J connectivity index is 2.64. The van der Waals surface area contributed by atoms with Gasteiger partial charge in [0.2, 0.25) is 5.91 Å². The average Bonchev–Trinajstić information content (AvgIpc) is 2.77. The summed E-state index contributed by atoms with van der Waals surface area (Å²) in [6.07, 6.45) is 0.712. The van der Waals surface area contributed by atoms with Crippen molar-refractivity contribution in [2.45, 2.75) is 71.2 Å². The molecule has 7 nitrogen and oxygen atoms in total. The topological polar surface area (TPSA) is 112 Å². The number of carbonyl (C=O) groups is 1. The fraction of sp³-hybridized carbons (Fsp3) is 0.462. The number of halogens is 1. The number of aliphatic hydroxyl groups is 2. The Morgan fingerprint density at radius 3 is 2.26 bits per heavy atom. The number of methoxy groups -OCH3 is 1. The van der Waals surface area contributed by atoms with E-state index in [4.69, 9.17) is 14.9 Å². The molecule has 0 bridgehead atoms. The number of benzene rings is 1. The van der Waals surface area contributed by atoms with E-state index in [9.17, 15) is 19.4 Å². The molecule has 1 amide bonds. The zero-order chi connectivity index (χ0) is 25.4. The molecular formula is C26H35FN2O5. The number of pyridine rings is 1. The zero-order valence-electron chi connectivity index (χ0n) is 20.4. The quantitative estimate of drug-likeness (QED) is 0.285. The van der Waals surface area contributed by atoms with E-state index >= 15 is 0 Å². The number of aliphatic hydroxyl groups excluding tert-OH is 2. The molecule has 1 heterocycles. The van der Waals surface area contributed by atoms with Gasteiger partial charge in [0.05, 0.1) is 30.9 Å². The first-order valence-electron chi connectivity index (χ1n) is 11.4. The SMILES string of the molecule is COCc1c(C(C)C)nc(C(C)C)c(/C=C/C(O)C[C@@H](O)CC(=O)NO)c1-c1ccc(F)cc1. The molecule has 2 atom stereocenters. The van der Waals surface area contributed by atoms with E-state index < -0.39 is 18.1 Å². The highest BCUT2D eigenvalue weighted by atomic mass is 19.1. The number of amides is 1. The van der Waals surface area contributed by atoms with E-state index in [0.29, 0.717) is 6.61 Å². The van der Waals surface area contributed by atoms with Crippen LogP contribution in [0.3, 0.4) is 0 Å². The molecule has 0 saturated heterocycles. The predicted molar refractivity (Wildman–Crippen MR) is 129 cm³/mol. The van der Waals surface area contributed by atoms with Gasteiger partial charge in [0.1, 0.15) is 5.82 Å². The summed E-state index contributed by atoms with van der Waals surface area (Å²) in [6.45, 7) is 8.49. The molecular weight excluding hydrogens is 439 g/mol. The van der Waals surface area contributed by atoms with Gasteiger partial charge >= 0.3 is 0 Å². The summed E-state index contributed by atoms with van der Waals surface area (Å²) < 4.78 is 19.2. The minimum absolute atomic E-state index is 0.0592. The van der Waals surface area contributed by atoms with Crippen LogP contribution in [-0.2, 0) is 16.1 Å². The van der Waals surface area contributed by atoms with Crippen molar-refractivity contribution in [3.05, 3.63) is 58.7 Å². The van der Waals surface area contributed by atoms with Gasteiger partial charge in [-0.2, -0.15) is 0 Å². The Hall–Kier alpha value is -2.65. The minimum Gasteiger partial charge on any atom is -0.392 e. The Morgan fingerprint density at radius 2 is 1.74 bits per heavy atom. The Morgan fingerprint density at radius 1 is 1.12 bits per heavy atom. The number of ether oxygens (including phenoxy) is 1. The summed E-state index contributed by atoms with van der Waals surface area (Å²) in [5, 5.41) is 29.1. The number of hydrogen-bond donors (Lipinski definition) is 4. The number of carbonyl (C=O) groups excluding carboxylic acids is 1. The van der Waals surface area contributed by atoms with E-state index in [0.717, 1.165) is 33.6 Å². The predicted octanol–water partition coefficient (Wildman–Crippen LogP) is 4.30. The molecule has 0 spiro atoms. The van der Waals surface area contributed by atoms with Crippen molar-refractivity contribution in [1.29, 1.82) is 0 Å². The lowest BCUT2D eigenvalue weighted by atomic mass is 9.87. The Bertz CT molecular complexity index is 990. The monoisotopic (exact) mass is 474 g/mol. The number of rotatable bonds is 11. The van der Waals surface area contributed by atoms with Crippen molar-refractivity contribution in [3.63, 3.8) is 0 Å². The van der Waals surface area contributed by atoms with E-state index in [1.807, 2.05) is 13.8 Å². The number of nitrogens with one attached hydrogen (secondary N) is 1. The van der Waals surface area contributed by atoms with Crippen LogP contribution in [0.15, 0.2) is 30.3 Å². The molecule has 0 radical (unpaired) electrons. The second kappa shape index (κ2) is 12.7. The normalized spacial score (nSPS) is 13.6. The second-order valence-corrected chi connectivity index (χ2v) is 8.95. The number of nitrogens with zero attached hydrogens (tertiary/aromatic N) is 1. The molecule has 1 aromatic carbocycles. The lowest BCUT2D eigenvalue weighted by molar-refractivity contribution is -0.131. The van der Waals surface area contributed by atoms with E-state index in [1.165, 1.54) is 17.6 Å². The summed E-state index contributed by atoms with van der Waals surface area (Å²) in [6, 6.07) is 6.23. The summed E-state index contributed by atoms with van der Waals surface area (Å²) in [4.78, 5) is 16.2. The molecule has 0 saturated carbocycles. The minimum atomic E-state index is -1.13. The van der Waals surface area contributed by atoms with Crippen molar-refractivity contribution in [2.24, 2.45) is 0 Å². The van der Waals surface area contributed by atoms with Gasteiger partial charge in [-0.15, -0.1) is 0 Å². The summed E-state index contributed by atoms with van der Waals surface area (Å²) >= 11 is 0. The van der Waals surface area contributed by atoms with Gasteiger partial charge in [-0.25, -0.2) is 9.87 Å². The van der Waals surface area contributed by atoms with Crippen molar-refractivity contribution in [2.75, 3.05) is 7.11 Å². The van der Waals surface area contributed by atoms with Crippen LogP contribution in [0.2, 0.25) is 0 Å². The first kappa shape index (κ1) is 27.6. The van der Waals surface area contributed by atoms with E-state index in [1.54, 1.807) is 31.4 Å². The molecule has 8 heteroatoms. The smallest absolute Gasteiger partial charge is 0.245 e. The largest absolute Gasteiger partial charge is 0.392 e. The molecule has 0 aliphatic carbocycles.